The molecule has 0 aliphatic heterocycles. The second kappa shape index (κ2) is 18.4. The summed E-state index contributed by atoms with van der Waals surface area (Å²) in [6.07, 6.45) is 15.2. The van der Waals surface area contributed by atoms with Gasteiger partial charge in [-0.25, -0.2) is 0 Å². The molecule has 0 aliphatic rings. The first-order valence-corrected chi connectivity index (χ1v) is 11.9. The maximum Gasteiger partial charge on any atom is 0.320 e. The maximum atomic E-state index is 11.3. The fourth-order valence-electron chi connectivity index (χ4n) is 3.51. The van der Waals surface area contributed by atoms with Gasteiger partial charge >= 0.3 is 5.97 Å². The number of hydrogen-bond acceptors (Lipinski definition) is 3. The summed E-state index contributed by atoms with van der Waals surface area (Å²) in [6.45, 7) is 6.56. The van der Waals surface area contributed by atoms with Gasteiger partial charge in [-0.1, -0.05) is 78.1 Å². The lowest BCUT2D eigenvalue weighted by molar-refractivity contribution is -0.139. The number of carbonyl (C=O) groups is 2. The van der Waals surface area contributed by atoms with E-state index in [9.17, 15) is 14.7 Å². The van der Waals surface area contributed by atoms with Gasteiger partial charge in [0.1, 0.15) is 11.8 Å². The molecular weight excluding hydrogens is 374 g/mol. The summed E-state index contributed by atoms with van der Waals surface area (Å²) in [6, 6.07) is -0.400. The van der Waals surface area contributed by atoms with Crippen LogP contribution in [0.4, 0.5) is 0 Å². The van der Waals surface area contributed by atoms with Crippen LogP contribution >= 0.6 is 11.6 Å². The van der Waals surface area contributed by atoms with Gasteiger partial charge in [-0.15, -0.1) is 11.6 Å². The molecule has 1 unspecified atom stereocenters. The standard InChI is InChI=1S/C23H44ClNO3/c1-19(2)17-22(23(27)28)25-16-14-12-10-8-6-4-5-7-9-11-13-15-21(18-24)20(3)26/h19,21-22,25H,4-18H2,1-3H3,(H,27,28)/t21?,22-/m0/s1. The summed E-state index contributed by atoms with van der Waals surface area (Å²) in [5.74, 6) is 0.414. The number of ketones is 1. The first kappa shape index (κ1) is 27.4. The molecule has 0 fully saturated rings. The molecule has 0 aromatic rings. The number of carboxylic acids is 1. The van der Waals surface area contributed by atoms with Crippen LogP contribution in [0.25, 0.3) is 0 Å². The molecule has 0 spiro atoms. The van der Waals surface area contributed by atoms with E-state index in [1.54, 1.807) is 6.92 Å². The average Bonchev–Trinajstić information content (AvgIpc) is 2.63. The molecule has 0 amide bonds. The summed E-state index contributed by atoms with van der Waals surface area (Å²) in [5.41, 5.74) is 0. The molecule has 4 nitrogen and oxygen atoms in total. The van der Waals surface area contributed by atoms with Crippen LogP contribution in [0.15, 0.2) is 0 Å². The van der Waals surface area contributed by atoms with Crippen molar-refractivity contribution < 1.29 is 14.7 Å². The van der Waals surface area contributed by atoms with Crippen LogP contribution in [0.3, 0.4) is 0 Å². The molecule has 5 heteroatoms. The minimum Gasteiger partial charge on any atom is -0.480 e. The van der Waals surface area contributed by atoms with Crippen molar-refractivity contribution >= 4 is 23.4 Å². The predicted molar refractivity (Wildman–Crippen MR) is 119 cm³/mol. The first-order chi connectivity index (χ1) is 13.4. The van der Waals surface area contributed by atoms with Crippen LogP contribution in [0.2, 0.25) is 0 Å². The van der Waals surface area contributed by atoms with Gasteiger partial charge in [-0.05, 0) is 38.6 Å². The highest BCUT2D eigenvalue weighted by atomic mass is 35.5. The fraction of sp³-hybridized carbons (Fsp3) is 0.913. The van der Waals surface area contributed by atoms with Gasteiger partial charge in [0.15, 0.2) is 0 Å². The number of Topliss-reactive ketones (excluding diaryl/α,β-unsaturated/α-hetero) is 1. The van der Waals surface area contributed by atoms with Gasteiger partial charge in [0.25, 0.3) is 0 Å². The molecule has 2 N–H and O–H groups in total. The normalized spacial score (nSPS) is 13.6. The summed E-state index contributed by atoms with van der Waals surface area (Å²) in [5, 5.41) is 12.4. The molecule has 0 saturated heterocycles. The fourth-order valence-corrected chi connectivity index (χ4v) is 3.89. The Morgan fingerprint density at radius 2 is 1.32 bits per heavy atom. The van der Waals surface area contributed by atoms with E-state index in [-0.39, 0.29) is 11.7 Å². The number of carboxylic acid groups (broad SMARTS) is 1. The van der Waals surface area contributed by atoms with Crippen molar-refractivity contribution in [3.8, 4) is 0 Å². The molecule has 28 heavy (non-hydrogen) atoms. The minimum absolute atomic E-state index is 0.0575. The summed E-state index contributed by atoms with van der Waals surface area (Å²) >= 11 is 5.81. The Labute approximate surface area is 178 Å². The van der Waals surface area contributed by atoms with Crippen molar-refractivity contribution in [2.75, 3.05) is 12.4 Å². The highest BCUT2D eigenvalue weighted by molar-refractivity contribution is 6.19. The van der Waals surface area contributed by atoms with E-state index in [2.05, 4.69) is 19.2 Å². The zero-order valence-corrected chi connectivity index (χ0v) is 19.2. The number of aliphatic carboxylic acids is 1. The second-order valence-corrected chi connectivity index (χ2v) is 8.92. The lowest BCUT2D eigenvalue weighted by atomic mass is 9.98. The SMILES string of the molecule is CC(=O)C(CCl)CCCCCCCCCCCCCN[C@@H](CC(C)C)C(=O)O. The third kappa shape index (κ3) is 16.4. The average molecular weight is 418 g/mol. The van der Waals surface area contributed by atoms with E-state index in [1.807, 2.05) is 0 Å². The topological polar surface area (TPSA) is 66.4 Å². The Kier molecular flexibility index (Phi) is 18.0. The molecular formula is C23H44ClNO3. The van der Waals surface area contributed by atoms with Gasteiger partial charge in [0.2, 0.25) is 0 Å². The number of halogens is 1. The molecule has 0 heterocycles. The highest BCUT2D eigenvalue weighted by Gasteiger charge is 2.17. The number of rotatable bonds is 20. The molecule has 0 radical (unpaired) electrons. The number of alkyl halides is 1. The van der Waals surface area contributed by atoms with Crippen LogP contribution in [0.5, 0.6) is 0 Å². The highest BCUT2D eigenvalue weighted by Crippen LogP contribution is 2.15. The largest absolute Gasteiger partial charge is 0.480 e. The van der Waals surface area contributed by atoms with Gasteiger partial charge in [0, 0.05) is 11.8 Å². The van der Waals surface area contributed by atoms with Crippen LogP contribution in [-0.2, 0) is 9.59 Å². The van der Waals surface area contributed by atoms with E-state index in [0.717, 1.165) is 25.8 Å². The Morgan fingerprint density at radius 1 is 0.857 bits per heavy atom. The Hall–Kier alpha value is -0.610. The molecule has 166 valence electrons. The Morgan fingerprint density at radius 3 is 1.71 bits per heavy atom. The van der Waals surface area contributed by atoms with Gasteiger partial charge in [-0.3, -0.25) is 9.59 Å². The monoisotopic (exact) mass is 417 g/mol. The second-order valence-electron chi connectivity index (χ2n) is 8.61. The predicted octanol–water partition coefficient (Wildman–Crippen LogP) is 6.20. The smallest absolute Gasteiger partial charge is 0.320 e. The van der Waals surface area contributed by atoms with Crippen molar-refractivity contribution in [3.05, 3.63) is 0 Å². The number of hydrogen-bond donors (Lipinski definition) is 2. The van der Waals surface area contributed by atoms with Crippen molar-refractivity contribution in [1.82, 2.24) is 5.32 Å². The lowest BCUT2D eigenvalue weighted by Gasteiger charge is -2.16. The van der Waals surface area contributed by atoms with E-state index >= 15 is 0 Å². The summed E-state index contributed by atoms with van der Waals surface area (Å²) < 4.78 is 0. The lowest BCUT2D eigenvalue weighted by Crippen LogP contribution is -2.38. The van der Waals surface area contributed by atoms with Crippen molar-refractivity contribution in [2.24, 2.45) is 11.8 Å². The van der Waals surface area contributed by atoms with Gasteiger partial charge in [-0.2, -0.15) is 0 Å². The van der Waals surface area contributed by atoms with Crippen LogP contribution in [0.1, 0.15) is 104 Å². The molecule has 0 saturated carbocycles. The number of carbonyl (C=O) groups excluding carboxylic acids is 1. The quantitative estimate of drug-likeness (QED) is 0.183. The van der Waals surface area contributed by atoms with Crippen LogP contribution in [-0.4, -0.2) is 35.3 Å². The molecule has 0 rings (SSSR count). The van der Waals surface area contributed by atoms with Gasteiger partial charge < -0.3 is 10.4 Å². The van der Waals surface area contributed by atoms with Crippen molar-refractivity contribution in [1.29, 1.82) is 0 Å². The van der Waals surface area contributed by atoms with Crippen molar-refractivity contribution in [2.45, 2.75) is 110 Å². The first-order valence-electron chi connectivity index (χ1n) is 11.4. The molecule has 0 aromatic carbocycles. The zero-order chi connectivity index (χ0) is 21.2. The van der Waals surface area contributed by atoms with Crippen molar-refractivity contribution in [3.63, 3.8) is 0 Å². The van der Waals surface area contributed by atoms with E-state index < -0.39 is 12.0 Å². The molecule has 0 aliphatic carbocycles. The molecule has 0 bridgehead atoms. The summed E-state index contributed by atoms with van der Waals surface area (Å²) in [7, 11) is 0. The Bertz CT molecular complexity index is 401. The molecule has 0 aromatic heterocycles. The van der Waals surface area contributed by atoms with E-state index in [1.165, 1.54) is 57.8 Å². The minimum atomic E-state index is -0.730. The summed E-state index contributed by atoms with van der Waals surface area (Å²) in [4.78, 5) is 22.5. The van der Waals surface area contributed by atoms with Gasteiger partial charge in [0.05, 0.1) is 0 Å². The maximum absolute atomic E-state index is 11.3. The number of unbranched alkanes of at least 4 members (excludes halogenated alkanes) is 10. The third-order valence-corrected chi connectivity index (χ3v) is 5.76. The number of nitrogens with one attached hydrogen (secondary N) is 1. The van der Waals surface area contributed by atoms with E-state index in [4.69, 9.17) is 11.6 Å². The van der Waals surface area contributed by atoms with Crippen LogP contribution < -0.4 is 5.32 Å². The van der Waals surface area contributed by atoms with E-state index in [0.29, 0.717) is 18.2 Å². The Balaban J connectivity index is 3.38. The molecule has 2 atom stereocenters. The third-order valence-electron chi connectivity index (χ3n) is 5.39. The van der Waals surface area contributed by atoms with Crippen LogP contribution in [0, 0.1) is 11.8 Å². The zero-order valence-electron chi connectivity index (χ0n) is 18.5.